The van der Waals surface area contributed by atoms with Crippen molar-refractivity contribution in [2.45, 2.75) is 11.8 Å². The molecule has 28 heavy (non-hydrogen) atoms. The Kier molecular flexibility index (Phi) is 5.80. The van der Waals surface area contributed by atoms with Gasteiger partial charge in [-0.3, -0.25) is 5.32 Å². The zero-order chi connectivity index (χ0) is 20.0. The highest BCUT2D eigenvalue weighted by atomic mass is 32.2. The van der Waals surface area contributed by atoms with E-state index in [-0.39, 0.29) is 22.7 Å². The first-order chi connectivity index (χ1) is 13.5. The molecular weight excluding hydrogens is 382 g/mol. The zero-order valence-electron chi connectivity index (χ0n) is 14.9. The largest absolute Gasteiger partial charge is 0.464 e. The minimum absolute atomic E-state index is 0.0116. The molecule has 0 spiro atoms. The number of hydrogen-bond acceptors (Lipinski definition) is 7. The molecule has 2 aromatic carbocycles. The predicted octanol–water partition coefficient (Wildman–Crippen LogP) is 2.45. The summed E-state index contributed by atoms with van der Waals surface area (Å²) in [5, 5.41) is 2.31. The number of carbonyl (C=O) groups is 1. The van der Waals surface area contributed by atoms with E-state index < -0.39 is 16.1 Å². The van der Waals surface area contributed by atoms with Gasteiger partial charge in [0, 0.05) is 5.56 Å². The first-order valence-electron chi connectivity index (χ1n) is 8.31. The molecule has 3 aromatic rings. The van der Waals surface area contributed by atoms with E-state index in [0.717, 1.165) is 0 Å². The molecule has 0 aliphatic carbocycles. The molecule has 2 N–H and O–H groups in total. The Labute approximate surface area is 161 Å². The number of anilines is 1. The van der Waals surface area contributed by atoms with Crippen molar-refractivity contribution >= 4 is 22.0 Å². The Balaban J connectivity index is 1.83. The maximum Gasteiger partial charge on any atom is 0.335 e. The highest BCUT2D eigenvalue weighted by molar-refractivity contribution is 7.90. The van der Waals surface area contributed by atoms with Gasteiger partial charge in [0.15, 0.2) is 5.82 Å². The van der Waals surface area contributed by atoms with Gasteiger partial charge in [0.2, 0.25) is 5.95 Å². The van der Waals surface area contributed by atoms with Crippen LogP contribution in [0.15, 0.2) is 65.6 Å². The van der Waals surface area contributed by atoms with Crippen LogP contribution >= 0.6 is 0 Å². The number of urea groups is 1. The number of amides is 2. The van der Waals surface area contributed by atoms with Gasteiger partial charge >= 0.3 is 12.0 Å². The van der Waals surface area contributed by atoms with Gasteiger partial charge in [0.25, 0.3) is 10.0 Å². The van der Waals surface area contributed by atoms with Crippen molar-refractivity contribution in [3.8, 4) is 17.4 Å². The van der Waals surface area contributed by atoms with Gasteiger partial charge in [-0.05, 0) is 19.1 Å². The minimum Gasteiger partial charge on any atom is -0.464 e. The zero-order valence-corrected chi connectivity index (χ0v) is 15.7. The third-order valence-corrected chi connectivity index (χ3v) is 4.77. The van der Waals surface area contributed by atoms with E-state index in [1.54, 1.807) is 37.3 Å². The summed E-state index contributed by atoms with van der Waals surface area (Å²) in [6, 6.07) is 15.6. The SMILES string of the molecule is CCOc1nc(NC(=O)NS(=O)(=O)c2ccccc2)nc(-c2ccccc2)n1. The van der Waals surface area contributed by atoms with Crippen LogP contribution in [-0.4, -0.2) is 36.0 Å². The summed E-state index contributed by atoms with van der Waals surface area (Å²) in [5.74, 6) is 0.137. The molecule has 0 fully saturated rings. The average Bonchev–Trinajstić information content (AvgIpc) is 2.69. The Morgan fingerprint density at radius 2 is 1.61 bits per heavy atom. The second-order valence-electron chi connectivity index (χ2n) is 5.44. The number of carbonyl (C=O) groups excluding carboxylic acids is 1. The molecule has 9 nitrogen and oxygen atoms in total. The predicted molar refractivity (Wildman–Crippen MR) is 102 cm³/mol. The highest BCUT2D eigenvalue weighted by Gasteiger charge is 2.19. The molecule has 0 unspecified atom stereocenters. The number of hydrogen-bond donors (Lipinski definition) is 2. The van der Waals surface area contributed by atoms with Crippen LogP contribution in [0.1, 0.15) is 6.92 Å². The van der Waals surface area contributed by atoms with Gasteiger partial charge in [0.05, 0.1) is 11.5 Å². The van der Waals surface area contributed by atoms with E-state index in [0.29, 0.717) is 12.2 Å². The van der Waals surface area contributed by atoms with Crippen LogP contribution in [-0.2, 0) is 10.0 Å². The summed E-state index contributed by atoms with van der Waals surface area (Å²) in [5.41, 5.74) is 0.686. The number of benzene rings is 2. The van der Waals surface area contributed by atoms with Crippen LogP contribution in [0.3, 0.4) is 0 Å². The lowest BCUT2D eigenvalue weighted by Crippen LogP contribution is -2.35. The van der Waals surface area contributed by atoms with Crippen LogP contribution in [0, 0.1) is 0 Å². The highest BCUT2D eigenvalue weighted by Crippen LogP contribution is 2.18. The van der Waals surface area contributed by atoms with Gasteiger partial charge < -0.3 is 4.74 Å². The van der Waals surface area contributed by atoms with E-state index in [4.69, 9.17) is 4.74 Å². The van der Waals surface area contributed by atoms with E-state index in [2.05, 4.69) is 20.3 Å². The fourth-order valence-corrected chi connectivity index (χ4v) is 3.16. The number of aromatic nitrogens is 3. The third kappa shape index (κ3) is 4.80. The van der Waals surface area contributed by atoms with Crippen molar-refractivity contribution < 1.29 is 17.9 Å². The summed E-state index contributed by atoms with van der Waals surface area (Å²) in [4.78, 5) is 24.5. The van der Waals surface area contributed by atoms with E-state index >= 15 is 0 Å². The number of rotatable bonds is 6. The number of sulfonamides is 1. The Morgan fingerprint density at radius 3 is 2.25 bits per heavy atom. The van der Waals surface area contributed by atoms with Crippen molar-refractivity contribution in [2.24, 2.45) is 0 Å². The average molecular weight is 399 g/mol. The standard InChI is InChI=1S/C18H17N5O4S/c1-2-27-18-20-15(13-9-5-3-6-10-13)19-16(22-18)21-17(24)23-28(25,26)14-11-7-4-8-12-14/h3-12H,2H2,1H3,(H2,19,20,21,22,23,24). The van der Waals surface area contributed by atoms with Gasteiger partial charge in [-0.15, -0.1) is 0 Å². The van der Waals surface area contributed by atoms with Crippen LogP contribution in [0.25, 0.3) is 11.4 Å². The van der Waals surface area contributed by atoms with Crippen LogP contribution < -0.4 is 14.8 Å². The lowest BCUT2D eigenvalue weighted by atomic mass is 10.2. The van der Waals surface area contributed by atoms with Crippen LogP contribution in [0.5, 0.6) is 6.01 Å². The molecule has 3 rings (SSSR count). The first-order valence-corrected chi connectivity index (χ1v) is 9.79. The van der Waals surface area contributed by atoms with Gasteiger partial charge in [-0.2, -0.15) is 15.0 Å². The molecule has 0 aliphatic rings. The molecule has 0 bridgehead atoms. The van der Waals surface area contributed by atoms with Gasteiger partial charge in [-0.25, -0.2) is 17.9 Å². The normalized spacial score (nSPS) is 10.9. The summed E-state index contributed by atoms with van der Waals surface area (Å²) in [6.45, 7) is 2.07. The summed E-state index contributed by atoms with van der Waals surface area (Å²) < 4.78 is 31.7. The molecule has 0 atom stereocenters. The van der Waals surface area contributed by atoms with E-state index in [1.807, 2.05) is 22.9 Å². The van der Waals surface area contributed by atoms with Crippen LogP contribution in [0.2, 0.25) is 0 Å². The second-order valence-corrected chi connectivity index (χ2v) is 7.12. The number of nitrogens with one attached hydrogen (secondary N) is 2. The summed E-state index contributed by atoms with van der Waals surface area (Å²) in [6.07, 6.45) is 0. The topological polar surface area (TPSA) is 123 Å². The maximum absolute atomic E-state index is 12.2. The number of nitrogens with zero attached hydrogens (tertiary/aromatic N) is 3. The van der Waals surface area contributed by atoms with E-state index in [9.17, 15) is 13.2 Å². The molecule has 1 heterocycles. The monoisotopic (exact) mass is 399 g/mol. The quantitative estimate of drug-likeness (QED) is 0.652. The Bertz CT molecular complexity index is 1060. The lowest BCUT2D eigenvalue weighted by molar-refractivity contribution is 0.256. The molecule has 1 aromatic heterocycles. The second kappa shape index (κ2) is 8.44. The van der Waals surface area contributed by atoms with Crippen molar-refractivity contribution in [2.75, 3.05) is 11.9 Å². The molecule has 0 radical (unpaired) electrons. The Hall–Kier alpha value is -3.53. The molecule has 10 heteroatoms. The molecule has 144 valence electrons. The fraction of sp³-hybridized carbons (Fsp3) is 0.111. The third-order valence-electron chi connectivity index (χ3n) is 3.43. The van der Waals surface area contributed by atoms with Crippen molar-refractivity contribution in [1.82, 2.24) is 19.7 Å². The van der Waals surface area contributed by atoms with Crippen LogP contribution in [0.4, 0.5) is 10.7 Å². The van der Waals surface area contributed by atoms with Crippen molar-refractivity contribution in [3.05, 3.63) is 60.7 Å². The molecule has 2 amide bonds. The molecular formula is C18H17N5O4S. The number of ether oxygens (including phenoxy) is 1. The Morgan fingerprint density at radius 1 is 0.964 bits per heavy atom. The molecule has 0 saturated carbocycles. The summed E-state index contributed by atoms with van der Waals surface area (Å²) >= 11 is 0. The summed E-state index contributed by atoms with van der Waals surface area (Å²) in [7, 11) is -4.03. The van der Waals surface area contributed by atoms with Crippen molar-refractivity contribution in [1.29, 1.82) is 0 Å². The lowest BCUT2D eigenvalue weighted by Gasteiger charge is -2.10. The minimum atomic E-state index is -4.03. The fourth-order valence-electron chi connectivity index (χ4n) is 2.23. The molecule has 0 aliphatic heterocycles. The molecule has 0 saturated heterocycles. The maximum atomic E-state index is 12.2. The first kappa shape index (κ1) is 19.2. The van der Waals surface area contributed by atoms with E-state index in [1.165, 1.54) is 12.1 Å². The smallest absolute Gasteiger partial charge is 0.335 e. The van der Waals surface area contributed by atoms with Gasteiger partial charge in [-0.1, -0.05) is 48.5 Å². The van der Waals surface area contributed by atoms with Gasteiger partial charge in [0.1, 0.15) is 0 Å². The van der Waals surface area contributed by atoms with Crippen molar-refractivity contribution in [3.63, 3.8) is 0 Å².